The maximum atomic E-state index is 14.0. The Bertz CT molecular complexity index is 1000. The van der Waals surface area contributed by atoms with Crippen LogP contribution in [0.5, 0.6) is 0 Å². The van der Waals surface area contributed by atoms with E-state index in [2.05, 4.69) is 5.32 Å². The van der Waals surface area contributed by atoms with E-state index in [1.165, 1.54) is 0 Å². The maximum absolute atomic E-state index is 14.0. The molecule has 0 saturated carbocycles. The standard InChI is InChI=1S/C16H12F4N2O4S/c17-11-2-1-8(3-14(11)27(25,26)22-6-10(23)7-22)16(24)21-9-4-12(18)15(20)13(19)5-9/h1-5,10,23H,6-7H2,(H,21,24). The summed E-state index contributed by atoms with van der Waals surface area (Å²) in [4.78, 5) is 11.4. The number of rotatable bonds is 4. The molecule has 1 amide bonds. The molecule has 1 fully saturated rings. The van der Waals surface area contributed by atoms with Crippen molar-refractivity contribution in [3.8, 4) is 0 Å². The van der Waals surface area contributed by atoms with Crippen molar-refractivity contribution in [3.05, 3.63) is 59.2 Å². The van der Waals surface area contributed by atoms with Crippen LogP contribution in [0, 0.1) is 23.3 Å². The second-order valence-corrected chi connectivity index (χ2v) is 7.74. The molecule has 2 aromatic carbocycles. The van der Waals surface area contributed by atoms with Crippen molar-refractivity contribution in [1.82, 2.24) is 4.31 Å². The third kappa shape index (κ3) is 3.66. The molecular weight excluding hydrogens is 392 g/mol. The van der Waals surface area contributed by atoms with Crippen molar-refractivity contribution in [1.29, 1.82) is 0 Å². The highest BCUT2D eigenvalue weighted by molar-refractivity contribution is 7.89. The Morgan fingerprint density at radius 1 is 1.04 bits per heavy atom. The van der Waals surface area contributed by atoms with E-state index in [1.807, 2.05) is 0 Å². The number of benzene rings is 2. The van der Waals surface area contributed by atoms with Crippen LogP contribution in [0.15, 0.2) is 35.2 Å². The lowest BCUT2D eigenvalue weighted by Crippen LogP contribution is -2.53. The van der Waals surface area contributed by atoms with E-state index in [-0.39, 0.29) is 18.7 Å². The number of sulfonamides is 1. The molecule has 1 aliphatic rings. The number of anilines is 1. The molecule has 6 nitrogen and oxygen atoms in total. The van der Waals surface area contributed by atoms with Crippen molar-refractivity contribution in [2.75, 3.05) is 18.4 Å². The van der Waals surface area contributed by atoms with Crippen LogP contribution < -0.4 is 5.32 Å². The van der Waals surface area contributed by atoms with Crippen LogP contribution in [0.4, 0.5) is 23.2 Å². The zero-order valence-corrected chi connectivity index (χ0v) is 14.2. The lowest BCUT2D eigenvalue weighted by Gasteiger charge is -2.34. The zero-order chi connectivity index (χ0) is 19.9. The summed E-state index contributed by atoms with van der Waals surface area (Å²) >= 11 is 0. The average Bonchev–Trinajstić information content (AvgIpc) is 2.56. The molecule has 0 aliphatic carbocycles. The Morgan fingerprint density at radius 2 is 1.63 bits per heavy atom. The first-order valence-corrected chi connectivity index (χ1v) is 8.97. The SMILES string of the molecule is O=C(Nc1cc(F)c(F)c(F)c1)c1ccc(F)c(S(=O)(=O)N2CC(O)C2)c1. The van der Waals surface area contributed by atoms with Gasteiger partial charge in [0.25, 0.3) is 5.91 Å². The van der Waals surface area contributed by atoms with Gasteiger partial charge in [-0.05, 0) is 18.2 Å². The van der Waals surface area contributed by atoms with Crippen LogP contribution >= 0.6 is 0 Å². The molecule has 2 N–H and O–H groups in total. The van der Waals surface area contributed by atoms with Crippen LogP contribution in [0.1, 0.15) is 10.4 Å². The Labute approximate surface area is 151 Å². The third-order valence-corrected chi connectivity index (χ3v) is 5.73. The Hall–Kier alpha value is -2.50. The Balaban J connectivity index is 1.88. The lowest BCUT2D eigenvalue weighted by molar-refractivity contribution is 0.0546. The number of amides is 1. The number of nitrogens with one attached hydrogen (secondary N) is 1. The van der Waals surface area contributed by atoms with Gasteiger partial charge >= 0.3 is 0 Å². The first-order chi connectivity index (χ1) is 12.6. The van der Waals surface area contributed by atoms with Crippen LogP contribution in [0.3, 0.4) is 0 Å². The minimum atomic E-state index is -4.27. The van der Waals surface area contributed by atoms with Gasteiger partial charge in [0.2, 0.25) is 10.0 Å². The highest BCUT2D eigenvalue weighted by Crippen LogP contribution is 2.25. The van der Waals surface area contributed by atoms with Crippen LogP contribution in [-0.2, 0) is 10.0 Å². The van der Waals surface area contributed by atoms with Crippen molar-refractivity contribution in [2.24, 2.45) is 0 Å². The van der Waals surface area contributed by atoms with Gasteiger partial charge in [0, 0.05) is 36.5 Å². The average molecular weight is 404 g/mol. The van der Waals surface area contributed by atoms with Gasteiger partial charge in [0.15, 0.2) is 17.5 Å². The first kappa shape index (κ1) is 19.3. The quantitative estimate of drug-likeness (QED) is 0.602. The Morgan fingerprint density at radius 3 is 2.19 bits per heavy atom. The normalized spacial score (nSPS) is 15.4. The lowest BCUT2D eigenvalue weighted by atomic mass is 10.2. The number of carbonyl (C=O) groups is 1. The summed E-state index contributed by atoms with van der Waals surface area (Å²) in [7, 11) is -4.27. The van der Waals surface area contributed by atoms with Gasteiger partial charge in [-0.2, -0.15) is 4.31 Å². The fraction of sp³-hybridized carbons (Fsp3) is 0.188. The van der Waals surface area contributed by atoms with Crippen molar-refractivity contribution in [2.45, 2.75) is 11.0 Å². The molecule has 0 atom stereocenters. The highest BCUT2D eigenvalue weighted by Gasteiger charge is 2.37. The van der Waals surface area contributed by atoms with Crippen LogP contribution in [0.25, 0.3) is 0 Å². The summed E-state index contributed by atoms with van der Waals surface area (Å²) in [6.07, 6.45) is -0.849. The second-order valence-electron chi connectivity index (χ2n) is 5.83. The molecule has 27 heavy (non-hydrogen) atoms. The fourth-order valence-corrected chi connectivity index (χ4v) is 4.03. The summed E-state index contributed by atoms with van der Waals surface area (Å²) in [6.45, 7) is -0.404. The van der Waals surface area contributed by atoms with Crippen molar-refractivity contribution >= 4 is 21.6 Å². The molecule has 0 radical (unpaired) electrons. The first-order valence-electron chi connectivity index (χ1n) is 7.53. The van der Waals surface area contributed by atoms with Gasteiger partial charge in [0.05, 0.1) is 6.10 Å². The van der Waals surface area contributed by atoms with Gasteiger partial charge in [-0.15, -0.1) is 0 Å². The van der Waals surface area contributed by atoms with E-state index in [1.54, 1.807) is 0 Å². The molecule has 1 saturated heterocycles. The smallest absolute Gasteiger partial charge is 0.255 e. The minimum absolute atomic E-state index is 0.202. The summed E-state index contributed by atoms with van der Waals surface area (Å²) in [5.41, 5.74) is -0.711. The number of halogens is 4. The number of carbonyl (C=O) groups excluding carboxylic acids is 1. The van der Waals surface area contributed by atoms with Gasteiger partial charge in [-0.25, -0.2) is 26.0 Å². The number of aliphatic hydroxyl groups excluding tert-OH is 1. The van der Waals surface area contributed by atoms with Gasteiger partial charge in [-0.3, -0.25) is 4.79 Å². The van der Waals surface area contributed by atoms with Crippen molar-refractivity contribution < 1.29 is 35.9 Å². The monoisotopic (exact) mass is 404 g/mol. The number of hydrogen-bond donors (Lipinski definition) is 2. The van der Waals surface area contributed by atoms with Crippen LogP contribution in [0.2, 0.25) is 0 Å². The predicted molar refractivity (Wildman–Crippen MR) is 85.4 cm³/mol. The molecule has 11 heteroatoms. The fourth-order valence-electron chi connectivity index (χ4n) is 2.43. The van der Waals surface area contributed by atoms with E-state index in [0.717, 1.165) is 22.5 Å². The van der Waals surface area contributed by atoms with E-state index in [9.17, 15) is 35.9 Å². The molecule has 2 aromatic rings. The van der Waals surface area contributed by atoms with E-state index in [0.29, 0.717) is 12.1 Å². The van der Waals surface area contributed by atoms with Crippen molar-refractivity contribution in [3.63, 3.8) is 0 Å². The molecule has 0 spiro atoms. The molecule has 0 bridgehead atoms. The maximum Gasteiger partial charge on any atom is 0.255 e. The number of β-amino-alcohol motifs (C(OH)–C–C–N with tert-alkyl or cyclic N) is 1. The zero-order valence-electron chi connectivity index (χ0n) is 13.4. The van der Waals surface area contributed by atoms with Crippen LogP contribution in [-0.4, -0.2) is 42.9 Å². The number of aliphatic hydroxyl groups is 1. The minimum Gasteiger partial charge on any atom is -0.390 e. The summed E-state index contributed by atoms with van der Waals surface area (Å²) < 4.78 is 78.9. The van der Waals surface area contributed by atoms with Gasteiger partial charge in [0.1, 0.15) is 10.7 Å². The predicted octanol–water partition coefficient (Wildman–Crippen LogP) is 1.86. The van der Waals surface area contributed by atoms with E-state index in [4.69, 9.17) is 0 Å². The Kier molecular flexibility index (Phi) is 4.93. The molecule has 0 aromatic heterocycles. The third-order valence-electron chi connectivity index (χ3n) is 3.88. The number of hydrogen-bond acceptors (Lipinski definition) is 4. The largest absolute Gasteiger partial charge is 0.390 e. The second kappa shape index (κ2) is 6.91. The molecular formula is C16H12F4N2O4S. The van der Waals surface area contributed by atoms with E-state index >= 15 is 0 Å². The number of nitrogens with zero attached hydrogens (tertiary/aromatic N) is 1. The highest BCUT2D eigenvalue weighted by atomic mass is 32.2. The van der Waals surface area contributed by atoms with Gasteiger partial charge < -0.3 is 10.4 Å². The molecule has 1 heterocycles. The summed E-state index contributed by atoms with van der Waals surface area (Å²) in [5, 5.41) is 11.3. The molecule has 0 unspecified atom stereocenters. The topological polar surface area (TPSA) is 86.7 Å². The summed E-state index contributed by atoms with van der Waals surface area (Å²) in [6, 6.07) is 3.58. The van der Waals surface area contributed by atoms with E-state index < -0.39 is 55.9 Å². The molecule has 144 valence electrons. The summed E-state index contributed by atoms with van der Waals surface area (Å²) in [5.74, 6) is -6.85. The molecule has 3 rings (SSSR count). The molecule has 1 aliphatic heterocycles. The van der Waals surface area contributed by atoms with Gasteiger partial charge in [-0.1, -0.05) is 0 Å².